The van der Waals surface area contributed by atoms with Crippen LogP contribution in [0, 0.1) is 5.41 Å². The molecule has 0 aromatic heterocycles. The lowest BCUT2D eigenvalue weighted by Gasteiger charge is -2.21. The van der Waals surface area contributed by atoms with Gasteiger partial charge in [0.05, 0.1) is 16.9 Å². The van der Waals surface area contributed by atoms with Crippen molar-refractivity contribution in [1.82, 2.24) is 5.32 Å². The molecule has 13 heavy (non-hydrogen) atoms. The normalized spacial score (nSPS) is 11.5. The molecule has 0 radical (unpaired) electrons. The maximum atomic E-state index is 11.7. The first-order valence-corrected chi connectivity index (χ1v) is 4.05. The van der Waals surface area contributed by atoms with Gasteiger partial charge in [0.1, 0.15) is 0 Å². The molecule has 0 fully saturated rings. The molecule has 0 aromatic rings. The van der Waals surface area contributed by atoms with Crippen LogP contribution in [0.2, 0.25) is 0 Å². The van der Waals surface area contributed by atoms with Crippen LogP contribution in [0.25, 0.3) is 0 Å². The molecule has 3 N–H and O–H groups in total. The Hall–Kier alpha value is -0.780. The van der Waals surface area contributed by atoms with E-state index in [1.165, 1.54) is 13.8 Å². The first-order chi connectivity index (χ1) is 5.78. The predicted octanol–water partition coefficient (Wildman–Crippen LogP) is 0.680. The Morgan fingerprint density at radius 2 is 2.08 bits per heavy atom. The first kappa shape index (κ1) is 12.2. The molecule has 0 aromatic carbocycles. The van der Waals surface area contributed by atoms with Crippen LogP contribution >= 0.6 is 12.2 Å². The molecule has 0 saturated heterocycles. The molecule has 0 aliphatic carbocycles. The molecule has 0 rings (SSSR count). The molecular weight excluding hydrogens is 198 g/mol. The van der Waals surface area contributed by atoms with Crippen LogP contribution < -0.4 is 11.1 Å². The number of carbonyl (C=O) groups is 1. The van der Waals surface area contributed by atoms with Gasteiger partial charge in [-0.2, -0.15) is 0 Å². The van der Waals surface area contributed by atoms with Gasteiger partial charge < -0.3 is 11.1 Å². The van der Waals surface area contributed by atoms with Gasteiger partial charge >= 0.3 is 0 Å². The van der Waals surface area contributed by atoms with Gasteiger partial charge in [0.25, 0.3) is 6.43 Å². The van der Waals surface area contributed by atoms with E-state index in [0.29, 0.717) is 0 Å². The summed E-state index contributed by atoms with van der Waals surface area (Å²) in [6, 6.07) is 0. The third kappa shape index (κ3) is 3.63. The Morgan fingerprint density at radius 3 is 2.38 bits per heavy atom. The monoisotopic (exact) mass is 210 g/mol. The predicted molar refractivity (Wildman–Crippen MR) is 49.6 cm³/mol. The Morgan fingerprint density at radius 1 is 1.62 bits per heavy atom. The smallest absolute Gasteiger partial charge is 0.255 e. The summed E-state index contributed by atoms with van der Waals surface area (Å²) >= 11 is 4.62. The lowest BCUT2D eigenvalue weighted by molar-refractivity contribution is -0.126. The highest BCUT2D eigenvalue weighted by molar-refractivity contribution is 7.80. The van der Waals surface area contributed by atoms with Crippen LogP contribution in [0.4, 0.5) is 8.78 Å². The molecule has 1 amide bonds. The number of nitrogens with two attached hydrogens (primary N) is 1. The lowest BCUT2D eigenvalue weighted by Crippen LogP contribution is -2.46. The van der Waals surface area contributed by atoms with Crippen LogP contribution in [-0.2, 0) is 4.79 Å². The average molecular weight is 210 g/mol. The second-order valence-electron chi connectivity index (χ2n) is 3.09. The zero-order valence-corrected chi connectivity index (χ0v) is 8.25. The Bertz CT molecular complexity index is 219. The molecule has 0 bridgehead atoms. The van der Waals surface area contributed by atoms with Crippen LogP contribution in [-0.4, -0.2) is 23.9 Å². The van der Waals surface area contributed by atoms with Crippen molar-refractivity contribution < 1.29 is 13.6 Å². The number of nitrogens with one attached hydrogen (secondary N) is 1. The molecule has 6 heteroatoms. The second kappa shape index (κ2) is 4.45. The van der Waals surface area contributed by atoms with E-state index in [1.807, 2.05) is 5.32 Å². The summed E-state index contributed by atoms with van der Waals surface area (Å²) in [5.74, 6) is -0.583. The van der Waals surface area contributed by atoms with E-state index >= 15 is 0 Å². The van der Waals surface area contributed by atoms with Crippen molar-refractivity contribution in [3.8, 4) is 0 Å². The van der Waals surface area contributed by atoms with Gasteiger partial charge in [0.2, 0.25) is 5.91 Å². The Labute approximate surface area is 80.7 Å². The average Bonchev–Trinajstić information content (AvgIpc) is 1.99. The van der Waals surface area contributed by atoms with Crippen molar-refractivity contribution in [3.05, 3.63) is 0 Å². The summed E-state index contributed by atoms with van der Waals surface area (Å²) in [6.45, 7) is 2.29. The maximum Gasteiger partial charge on any atom is 0.255 e. The van der Waals surface area contributed by atoms with E-state index in [1.54, 1.807) is 0 Å². The van der Waals surface area contributed by atoms with Crippen molar-refractivity contribution in [2.45, 2.75) is 20.3 Å². The number of alkyl halides is 2. The van der Waals surface area contributed by atoms with Gasteiger partial charge in [0, 0.05) is 0 Å². The van der Waals surface area contributed by atoms with Gasteiger partial charge in [-0.15, -0.1) is 0 Å². The van der Waals surface area contributed by atoms with Gasteiger partial charge in [0.15, 0.2) is 0 Å². The highest BCUT2D eigenvalue weighted by atomic mass is 32.1. The van der Waals surface area contributed by atoms with Crippen molar-refractivity contribution in [1.29, 1.82) is 0 Å². The summed E-state index contributed by atoms with van der Waals surface area (Å²) in [4.78, 5) is 11.2. The van der Waals surface area contributed by atoms with Crippen LogP contribution in [0.15, 0.2) is 0 Å². The minimum absolute atomic E-state index is 0.0146. The first-order valence-electron chi connectivity index (χ1n) is 3.65. The summed E-state index contributed by atoms with van der Waals surface area (Å²) in [7, 11) is 0. The summed E-state index contributed by atoms with van der Waals surface area (Å²) in [5, 5.41) is 2.05. The fourth-order valence-electron chi connectivity index (χ4n) is 0.503. The topological polar surface area (TPSA) is 55.1 Å². The van der Waals surface area contributed by atoms with E-state index in [4.69, 9.17) is 5.73 Å². The van der Waals surface area contributed by atoms with Crippen LogP contribution in [0.3, 0.4) is 0 Å². The summed E-state index contributed by atoms with van der Waals surface area (Å²) in [6.07, 6.45) is -2.56. The number of hydrogen-bond donors (Lipinski definition) is 2. The van der Waals surface area contributed by atoms with E-state index in [9.17, 15) is 13.6 Å². The Balaban J connectivity index is 4.18. The maximum absolute atomic E-state index is 11.7. The molecule has 3 nitrogen and oxygen atoms in total. The molecule has 0 atom stereocenters. The zero-order valence-electron chi connectivity index (χ0n) is 7.43. The zero-order chi connectivity index (χ0) is 10.6. The number of halogens is 2. The Kier molecular flexibility index (Phi) is 4.19. The van der Waals surface area contributed by atoms with Crippen LogP contribution in [0.1, 0.15) is 13.8 Å². The molecule has 0 spiro atoms. The SMILES string of the molecule is CC(C)(C(=O)NCC(F)F)C(N)=S. The van der Waals surface area contributed by atoms with E-state index < -0.39 is 24.3 Å². The number of carbonyl (C=O) groups excluding carboxylic acids is 1. The van der Waals surface area contributed by atoms with Crippen LogP contribution in [0.5, 0.6) is 0 Å². The summed E-state index contributed by atoms with van der Waals surface area (Å²) < 4.78 is 23.4. The molecule has 0 saturated carbocycles. The molecular formula is C7H12F2N2OS. The van der Waals surface area contributed by atoms with Crippen molar-refractivity contribution in [3.63, 3.8) is 0 Å². The molecule has 0 aliphatic heterocycles. The van der Waals surface area contributed by atoms with E-state index in [2.05, 4.69) is 12.2 Å². The molecule has 0 unspecified atom stereocenters. The quantitative estimate of drug-likeness (QED) is 0.671. The third-order valence-electron chi connectivity index (χ3n) is 1.60. The fraction of sp³-hybridized carbons (Fsp3) is 0.714. The van der Waals surface area contributed by atoms with Crippen molar-refractivity contribution >= 4 is 23.1 Å². The minimum Gasteiger partial charge on any atom is -0.392 e. The van der Waals surface area contributed by atoms with Crippen molar-refractivity contribution in [2.24, 2.45) is 11.1 Å². The highest BCUT2D eigenvalue weighted by Crippen LogP contribution is 2.15. The molecule has 76 valence electrons. The lowest BCUT2D eigenvalue weighted by atomic mass is 9.92. The highest BCUT2D eigenvalue weighted by Gasteiger charge is 2.30. The van der Waals surface area contributed by atoms with Crippen molar-refractivity contribution in [2.75, 3.05) is 6.54 Å². The van der Waals surface area contributed by atoms with E-state index in [-0.39, 0.29) is 4.99 Å². The third-order valence-corrected chi connectivity index (χ3v) is 2.11. The standard InChI is InChI=1S/C7H12F2N2OS/c1-7(2,5(10)13)6(12)11-3-4(8)9/h4H,3H2,1-2H3,(H2,10,13)(H,11,12). The molecule has 0 heterocycles. The molecule has 0 aliphatic rings. The fourth-order valence-corrected chi connectivity index (χ4v) is 0.595. The summed E-state index contributed by atoms with van der Waals surface area (Å²) in [5.41, 5.74) is 4.18. The number of hydrogen-bond acceptors (Lipinski definition) is 2. The number of amides is 1. The number of rotatable bonds is 4. The largest absolute Gasteiger partial charge is 0.392 e. The van der Waals surface area contributed by atoms with Gasteiger partial charge in [-0.05, 0) is 13.8 Å². The van der Waals surface area contributed by atoms with E-state index in [0.717, 1.165) is 0 Å². The van der Waals surface area contributed by atoms with Gasteiger partial charge in [-0.1, -0.05) is 12.2 Å². The number of thiocarbonyl (C=S) groups is 1. The second-order valence-corrected chi connectivity index (χ2v) is 3.53. The van der Waals surface area contributed by atoms with Gasteiger partial charge in [-0.25, -0.2) is 8.78 Å². The van der Waals surface area contributed by atoms with Gasteiger partial charge in [-0.3, -0.25) is 4.79 Å². The minimum atomic E-state index is -2.56.